The van der Waals surface area contributed by atoms with Crippen LogP contribution in [-0.2, 0) is 11.2 Å². The van der Waals surface area contributed by atoms with E-state index in [-0.39, 0.29) is 12.3 Å². The predicted octanol–water partition coefficient (Wildman–Crippen LogP) is 3.63. The highest BCUT2D eigenvalue weighted by Gasteiger charge is 2.13. The number of amides is 1. The van der Waals surface area contributed by atoms with Gasteiger partial charge >= 0.3 is 0 Å². The Balaban J connectivity index is 1.62. The highest BCUT2D eigenvalue weighted by molar-refractivity contribution is 5.92. The standard InChI is InChI=1S/C20H21N3O4/c1-13-5-4-6-14(11-13)20-23-22-19(27-20)10-9-18(24)21-16-12-15(25-2)7-8-17(16)26-3/h4-8,11-12H,9-10H2,1-3H3,(H,21,24). The summed E-state index contributed by atoms with van der Waals surface area (Å²) in [4.78, 5) is 12.3. The van der Waals surface area contributed by atoms with Crippen molar-refractivity contribution < 1.29 is 18.7 Å². The molecule has 0 fully saturated rings. The maximum Gasteiger partial charge on any atom is 0.247 e. The van der Waals surface area contributed by atoms with Crippen molar-refractivity contribution in [3.63, 3.8) is 0 Å². The van der Waals surface area contributed by atoms with E-state index >= 15 is 0 Å². The monoisotopic (exact) mass is 367 g/mol. The SMILES string of the molecule is COc1ccc(OC)c(NC(=O)CCc2nnc(-c3cccc(C)c3)o2)c1. The summed E-state index contributed by atoms with van der Waals surface area (Å²) in [5.74, 6) is 1.87. The number of carbonyl (C=O) groups excluding carboxylic acids is 1. The normalized spacial score (nSPS) is 10.5. The van der Waals surface area contributed by atoms with Gasteiger partial charge in [-0.3, -0.25) is 4.79 Å². The Morgan fingerprint density at radius 2 is 1.96 bits per heavy atom. The number of hydrogen-bond acceptors (Lipinski definition) is 6. The molecule has 0 saturated carbocycles. The molecule has 27 heavy (non-hydrogen) atoms. The van der Waals surface area contributed by atoms with Crippen LogP contribution >= 0.6 is 0 Å². The lowest BCUT2D eigenvalue weighted by Crippen LogP contribution is -2.13. The number of aryl methyl sites for hydroxylation is 2. The number of ether oxygens (including phenoxy) is 2. The highest BCUT2D eigenvalue weighted by Crippen LogP contribution is 2.29. The van der Waals surface area contributed by atoms with Gasteiger partial charge in [0.1, 0.15) is 11.5 Å². The van der Waals surface area contributed by atoms with Crippen LogP contribution in [0.2, 0.25) is 0 Å². The van der Waals surface area contributed by atoms with E-state index in [0.29, 0.717) is 35.4 Å². The molecule has 3 aromatic rings. The first-order chi connectivity index (χ1) is 13.1. The van der Waals surface area contributed by atoms with Gasteiger partial charge in [0.05, 0.1) is 19.9 Å². The predicted molar refractivity (Wildman–Crippen MR) is 101 cm³/mol. The molecule has 1 amide bonds. The zero-order chi connectivity index (χ0) is 19.2. The molecule has 0 aliphatic heterocycles. The van der Waals surface area contributed by atoms with Crippen LogP contribution in [0.5, 0.6) is 11.5 Å². The number of aromatic nitrogens is 2. The van der Waals surface area contributed by atoms with Gasteiger partial charge in [-0.15, -0.1) is 10.2 Å². The van der Waals surface area contributed by atoms with Gasteiger partial charge in [-0.2, -0.15) is 0 Å². The Kier molecular flexibility index (Phi) is 5.71. The van der Waals surface area contributed by atoms with Gasteiger partial charge in [-0.05, 0) is 31.2 Å². The molecule has 1 heterocycles. The molecule has 0 atom stereocenters. The van der Waals surface area contributed by atoms with Crippen molar-refractivity contribution in [2.75, 3.05) is 19.5 Å². The van der Waals surface area contributed by atoms with Gasteiger partial charge in [0, 0.05) is 24.5 Å². The van der Waals surface area contributed by atoms with E-state index < -0.39 is 0 Å². The summed E-state index contributed by atoms with van der Waals surface area (Å²) in [6.45, 7) is 2.00. The number of benzene rings is 2. The third kappa shape index (κ3) is 4.63. The van der Waals surface area contributed by atoms with Crippen LogP contribution in [-0.4, -0.2) is 30.3 Å². The fourth-order valence-electron chi connectivity index (χ4n) is 2.59. The second-order valence-corrected chi connectivity index (χ2v) is 5.98. The zero-order valence-corrected chi connectivity index (χ0v) is 15.5. The van der Waals surface area contributed by atoms with E-state index in [9.17, 15) is 4.79 Å². The Morgan fingerprint density at radius 1 is 1.11 bits per heavy atom. The molecule has 7 nitrogen and oxygen atoms in total. The fourth-order valence-corrected chi connectivity index (χ4v) is 2.59. The van der Waals surface area contributed by atoms with Crippen molar-refractivity contribution in [3.05, 3.63) is 53.9 Å². The molecule has 0 radical (unpaired) electrons. The fraction of sp³-hybridized carbons (Fsp3) is 0.250. The summed E-state index contributed by atoms with van der Waals surface area (Å²) in [5.41, 5.74) is 2.52. The Bertz CT molecular complexity index is 936. The molecular formula is C20H21N3O4. The minimum atomic E-state index is -0.183. The molecular weight excluding hydrogens is 346 g/mol. The van der Waals surface area contributed by atoms with Gasteiger partial charge in [-0.25, -0.2) is 0 Å². The molecule has 3 rings (SSSR count). The van der Waals surface area contributed by atoms with Crippen molar-refractivity contribution in [1.82, 2.24) is 10.2 Å². The number of nitrogens with zero attached hydrogens (tertiary/aromatic N) is 2. The molecule has 140 valence electrons. The lowest BCUT2D eigenvalue weighted by molar-refractivity contribution is -0.116. The largest absolute Gasteiger partial charge is 0.497 e. The quantitative estimate of drug-likeness (QED) is 0.686. The van der Waals surface area contributed by atoms with Crippen LogP contribution in [0, 0.1) is 6.92 Å². The summed E-state index contributed by atoms with van der Waals surface area (Å²) in [5, 5.41) is 10.9. The maximum absolute atomic E-state index is 12.3. The molecule has 0 spiro atoms. The zero-order valence-electron chi connectivity index (χ0n) is 15.5. The summed E-state index contributed by atoms with van der Waals surface area (Å²) in [7, 11) is 3.11. The van der Waals surface area contributed by atoms with Crippen molar-refractivity contribution in [2.24, 2.45) is 0 Å². The molecule has 0 saturated heterocycles. The van der Waals surface area contributed by atoms with E-state index in [1.54, 1.807) is 32.4 Å². The first-order valence-corrected chi connectivity index (χ1v) is 8.50. The van der Waals surface area contributed by atoms with Gasteiger partial charge in [0.15, 0.2) is 0 Å². The second kappa shape index (κ2) is 8.35. The molecule has 0 aliphatic rings. The van der Waals surface area contributed by atoms with E-state index in [2.05, 4.69) is 15.5 Å². The number of methoxy groups -OCH3 is 2. The molecule has 0 bridgehead atoms. The van der Waals surface area contributed by atoms with Crippen molar-refractivity contribution in [3.8, 4) is 23.0 Å². The third-order valence-electron chi connectivity index (χ3n) is 3.98. The summed E-state index contributed by atoms with van der Waals surface area (Å²) >= 11 is 0. The van der Waals surface area contributed by atoms with Crippen LogP contribution in [0.4, 0.5) is 5.69 Å². The molecule has 7 heteroatoms. The van der Waals surface area contributed by atoms with E-state index in [1.807, 2.05) is 31.2 Å². The van der Waals surface area contributed by atoms with E-state index in [1.165, 1.54) is 0 Å². The van der Waals surface area contributed by atoms with Crippen molar-refractivity contribution in [1.29, 1.82) is 0 Å². The van der Waals surface area contributed by atoms with Gasteiger partial charge in [-0.1, -0.05) is 17.7 Å². The molecule has 1 aromatic heterocycles. The maximum atomic E-state index is 12.3. The van der Waals surface area contributed by atoms with Crippen molar-refractivity contribution >= 4 is 11.6 Å². The first-order valence-electron chi connectivity index (χ1n) is 8.50. The number of hydrogen-bond donors (Lipinski definition) is 1. The molecule has 0 aliphatic carbocycles. The number of anilines is 1. The van der Waals surface area contributed by atoms with Crippen LogP contribution in [0.1, 0.15) is 17.9 Å². The number of carbonyl (C=O) groups is 1. The lowest BCUT2D eigenvalue weighted by Gasteiger charge is -2.11. The lowest BCUT2D eigenvalue weighted by atomic mass is 10.1. The van der Waals surface area contributed by atoms with Gasteiger partial charge in [0.2, 0.25) is 17.7 Å². The Morgan fingerprint density at radius 3 is 2.70 bits per heavy atom. The number of nitrogens with one attached hydrogen (secondary N) is 1. The van der Waals surface area contributed by atoms with Crippen LogP contribution in [0.25, 0.3) is 11.5 Å². The Labute approximate surface area is 157 Å². The van der Waals surface area contributed by atoms with Gasteiger partial charge in [0.25, 0.3) is 0 Å². The van der Waals surface area contributed by atoms with Crippen LogP contribution < -0.4 is 14.8 Å². The van der Waals surface area contributed by atoms with E-state index in [0.717, 1.165) is 11.1 Å². The smallest absolute Gasteiger partial charge is 0.247 e. The number of rotatable bonds is 7. The third-order valence-corrected chi connectivity index (χ3v) is 3.98. The first kappa shape index (κ1) is 18.4. The minimum absolute atomic E-state index is 0.183. The van der Waals surface area contributed by atoms with E-state index in [4.69, 9.17) is 13.9 Å². The average molecular weight is 367 g/mol. The second-order valence-electron chi connectivity index (χ2n) is 5.98. The van der Waals surface area contributed by atoms with Crippen molar-refractivity contribution in [2.45, 2.75) is 19.8 Å². The topological polar surface area (TPSA) is 86.5 Å². The molecule has 2 aromatic carbocycles. The summed E-state index contributed by atoms with van der Waals surface area (Å²) < 4.78 is 16.1. The molecule has 0 unspecified atom stereocenters. The highest BCUT2D eigenvalue weighted by atomic mass is 16.5. The minimum Gasteiger partial charge on any atom is -0.497 e. The molecule has 1 N–H and O–H groups in total. The Hall–Kier alpha value is -3.35. The van der Waals surface area contributed by atoms with Gasteiger partial charge < -0.3 is 19.2 Å². The van der Waals surface area contributed by atoms with Crippen LogP contribution in [0.15, 0.2) is 46.9 Å². The van der Waals surface area contributed by atoms with Crippen LogP contribution in [0.3, 0.4) is 0 Å². The average Bonchev–Trinajstić information content (AvgIpc) is 3.15. The summed E-state index contributed by atoms with van der Waals surface area (Å²) in [6, 6.07) is 13.0. The summed E-state index contributed by atoms with van der Waals surface area (Å²) in [6.07, 6.45) is 0.548.